The van der Waals surface area contributed by atoms with Crippen molar-refractivity contribution in [3.63, 3.8) is 0 Å². The molecule has 0 aliphatic rings. The Morgan fingerprint density at radius 2 is 1.63 bits per heavy atom. The lowest BCUT2D eigenvalue weighted by molar-refractivity contribution is -0.117. The minimum atomic E-state index is -0.466. The number of nitrogens with zero attached hydrogens (tertiary/aromatic N) is 3. The van der Waals surface area contributed by atoms with E-state index in [1.54, 1.807) is 29.1 Å². The Bertz CT molecular complexity index is 1690. The number of hydrogen-bond donors (Lipinski definition) is 1. The van der Waals surface area contributed by atoms with Gasteiger partial charge in [-0.25, -0.2) is 9.07 Å². The molecule has 1 atom stereocenters. The molecule has 41 heavy (non-hydrogen) atoms. The van der Waals surface area contributed by atoms with Gasteiger partial charge in [0, 0.05) is 17.3 Å². The van der Waals surface area contributed by atoms with Crippen molar-refractivity contribution in [2.45, 2.75) is 19.6 Å². The third kappa shape index (κ3) is 6.75. The molecule has 5 aromatic rings. The summed E-state index contributed by atoms with van der Waals surface area (Å²) in [5.41, 5.74) is 4.62. The third-order valence-electron chi connectivity index (χ3n) is 6.52. The number of ether oxygens (including phenoxy) is 1. The number of aromatic nitrogens is 2. The van der Waals surface area contributed by atoms with Crippen LogP contribution in [0.25, 0.3) is 23.0 Å². The van der Waals surface area contributed by atoms with E-state index in [2.05, 4.69) is 5.32 Å². The zero-order valence-electron chi connectivity index (χ0n) is 22.4. The predicted molar refractivity (Wildman–Crippen MR) is 156 cm³/mol. The van der Waals surface area contributed by atoms with Crippen LogP contribution in [0.15, 0.2) is 121 Å². The molecule has 1 heterocycles. The Morgan fingerprint density at radius 3 is 2.29 bits per heavy atom. The number of nitriles is 1. The van der Waals surface area contributed by atoms with Crippen molar-refractivity contribution < 1.29 is 13.9 Å². The van der Waals surface area contributed by atoms with Crippen LogP contribution in [-0.2, 0) is 11.4 Å². The molecule has 4 aromatic carbocycles. The summed E-state index contributed by atoms with van der Waals surface area (Å²) in [5, 5.41) is 17.6. The summed E-state index contributed by atoms with van der Waals surface area (Å²) in [4.78, 5) is 13.1. The maximum absolute atomic E-state index is 13.2. The van der Waals surface area contributed by atoms with Gasteiger partial charge in [-0.05, 0) is 72.7 Å². The number of halogens is 1. The summed E-state index contributed by atoms with van der Waals surface area (Å²) in [7, 11) is 0. The summed E-state index contributed by atoms with van der Waals surface area (Å²) in [6, 6.07) is 34.5. The standard InChI is InChI=1S/C34H27FN4O2/c1-24(26-8-4-2-5-9-26)37-34(40)28(21-36)20-29-22-39(31-10-6-3-7-11-31)38-33(29)27-14-18-32(19-15-27)41-23-25-12-16-30(35)17-13-25/h2-20,22,24H,23H2,1H3,(H,37,40). The highest BCUT2D eigenvalue weighted by Crippen LogP contribution is 2.28. The molecule has 5 rings (SSSR count). The second-order valence-corrected chi connectivity index (χ2v) is 9.43. The summed E-state index contributed by atoms with van der Waals surface area (Å²) >= 11 is 0. The van der Waals surface area contributed by atoms with Gasteiger partial charge in [0.1, 0.15) is 29.8 Å². The molecule has 1 aromatic heterocycles. The van der Waals surface area contributed by atoms with E-state index in [9.17, 15) is 14.4 Å². The van der Waals surface area contributed by atoms with Crippen molar-refractivity contribution >= 4 is 12.0 Å². The molecule has 0 saturated heterocycles. The largest absolute Gasteiger partial charge is 0.489 e. The van der Waals surface area contributed by atoms with Crippen LogP contribution in [0, 0.1) is 17.1 Å². The normalized spacial score (nSPS) is 11.9. The molecule has 0 aliphatic heterocycles. The first-order valence-electron chi connectivity index (χ1n) is 13.1. The molecule has 1 amide bonds. The lowest BCUT2D eigenvalue weighted by Crippen LogP contribution is -2.27. The molecule has 202 valence electrons. The van der Waals surface area contributed by atoms with Crippen LogP contribution < -0.4 is 10.1 Å². The van der Waals surface area contributed by atoms with E-state index < -0.39 is 5.91 Å². The van der Waals surface area contributed by atoms with Gasteiger partial charge in [0.05, 0.1) is 17.4 Å². The number of benzene rings is 4. The van der Waals surface area contributed by atoms with E-state index in [0.717, 1.165) is 22.4 Å². The first-order chi connectivity index (χ1) is 20.0. The highest BCUT2D eigenvalue weighted by molar-refractivity contribution is 6.02. The van der Waals surface area contributed by atoms with Gasteiger partial charge in [-0.1, -0.05) is 60.7 Å². The molecule has 6 nitrogen and oxygen atoms in total. The Morgan fingerprint density at radius 1 is 0.976 bits per heavy atom. The van der Waals surface area contributed by atoms with E-state index in [4.69, 9.17) is 9.84 Å². The average Bonchev–Trinajstić information content (AvgIpc) is 3.44. The molecule has 0 spiro atoms. The summed E-state index contributed by atoms with van der Waals surface area (Å²) in [6.07, 6.45) is 3.36. The second-order valence-electron chi connectivity index (χ2n) is 9.43. The van der Waals surface area contributed by atoms with Gasteiger partial charge in [0.25, 0.3) is 5.91 Å². The first-order valence-corrected chi connectivity index (χ1v) is 13.1. The molecule has 0 bridgehead atoms. The van der Waals surface area contributed by atoms with Gasteiger partial charge < -0.3 is 10.1 Å². The highest BCUT2D eigenvalue weighted by atomic mass is 19.1. The minimum absolute atomic E-state index is 0.0269. The van der Waals surface area contributed by atoms with E-state index in [-0.39, 0.29) is 17.4 Å². The van der Waals surface area contributed by atoms with Crippen molar-refractivity contribution in [3.05, 3.63) is 143 Å². The van der Waals surface area contributed by atoms with Crippen LogP contribution in [0.3, 0.4) is 0 Å². The summed E-state index contributed by atoms with van der Waals surface area (Å²) < 4.78 is 20.8. The fourth-order valence-corrected chi connectivity index (χ4v) is 4.29. The fourth-order valence-electron chi connectivity index (χ4n) is 4.29. The van der Waals surface area contributed by atoms with Crippen LogP contribution >= 0.6 is 0 Å². The molecular formula is C34H27FN4O2. The Balaban J connectivity index is 1.42. The topological polar surface area (TPSA) is 79.9 Å². The molecule has 7 heteroatoms. The van der Waals surface area contributed by atoms with Gasteiger partial charge in [0.15, 0.2) is 0 Å². The van der Waals surface area contributed by atoms with Gasteiger partial charge in [-0.15, -0.1) is 0 Å². The van der Waals surface area contributed by atoms with Crippen molar-refractivity contribution in [1.29, 1.82) is 5.26 Å². The van der Waals surface area contributed by atoms with Crippen LogP contribution in [0.5, 0.6) is 5.75 Å². The van der Waals surface area contributed by atoms with Crippen molar-refractivity contribution in [2.75, 3.05) is 0 Å². The third-order valence-corrected chi connectivity index (χ3v) is 6.52. The lowest BCUT2D eigenvalue weighted by Gasteiger charge is -2.13. The molecule has 1 N–H and O–H groups in total. The molecule has 0 fully saturated rings. The molecular weight excluding hydrogens is 515 g/mol. The maximum Gasteiger partial charge on any atom is 0.262 e. The zero-order valence-corrected chi connectivity index (χ0v) is 22.4. The van der Waals surface area contributed by atoms with Crippen molar-refractivity contribution in [2.24, 2.45) is 0 Å². The van der Waals surface area contributed by atoms with Gasteiger partial charge >= 0.3 is 0 Å². The predicted octanol–water partition coefficient (Wildman–Crippen LogP) is 7.04. The van der Waals surface area contributed by atoms with Crippen molar-refractivity contribution in [3.8, 4) is 28.8 Å². The lowest BCUT2D eigenvalue weighted by atomic mass is 10.0. The average molecular weight is 543 g/mol. The number of para-hydroxylation sites is 1. The van der Waals surface area contributed by atoms with Crippen molar-refractivity contribution in [1.82, 2.24) is 15.1 Å². The van der Waals surface area contributed by atoms with Gasteiger partial charge in [0.2, 0.25) is 0 Å². The molecule has 0 saturated carbocycles. The number of nitrogens with one attached hydrogen (secondary N) is 1. The Labute approximate surface area is 238 Å². The van der Waals surface area contributed by atoms with E-state index in [1.165, 1.54) is 12.1 Å². The van der Waals surface area contributed by atoms with Crippen LogP contribution in [-0.4, -0.2) is 15.7 Å². The van der Waals surface area contributed by atoms with Crippen LogP contribution in [0.2, 0.25) is 0 Å². The number of amides is 1. The van der Waals surface area contributed by atoms with Gasteiger partial charge in [-0.2, -0.15) is 10.4 Å². The number of carbonyl (C=O) groups excluding carboxylic acids is 1. The first kappa shape index (κ1) is 27.1. The van der Waals surface area contributed by atoms with Gasteiger partial charge in [-0.3, -0.25) is 4.79 Å². The zero-order chi connectivity index (χ0) is 28.6. The monoisotopic (exact) mass is 542 g/mol. The Kier molecular flexibility index (Phi) is 8.32. The van der Waals surface area contributed by atoms with E-state index >= 15 is 0 Å². The molecule has 0 radical (unpaired) electrons. The van der Waals surface area contributed by atoms with Crippen LogP contribution in [0.1, 0.15) is 29.7 Å². The molecule has 0 aliphatic carbocycles. The maximum atomic E-state index is 13.2. The molecule has 1 unspecified atom stereocenters. The summed E-state index contributed by atoms with van der Waals surface area (Å²) in [5.74, 6) is -0.114. The van der Waals surface area contributed by atoms with E-state index in [0.29, 0.717) is 23.6 Å². The highest BCUT2D eigenvalue weighted by Gasteiger charge is 2.17. The number of rotatable bonds is 9. The quantitative estimate of drug-likeness (QED) is 0.160. The SMILES string of the molecule is CC(NC(=O)C(C#N)=Cc1cn(-c2ccccc2)nc1-c1ccc(OCc2ccc(F)cc2)cc1)c1ccccc1. The fraction of sp³-hybridized carbons (Fsp3) is 0.0882. The minimum Gasteiger partial charge on any atom is -0.489 e. The smallest absolute Gasteiger partial charge is 0.262 e. The number of hydrogen-bond acceptors (Lipinski definition) is 4. The van der Waals surface area contributed by atoms with E-state index in [1.807, 2.05) is 97.9 Å². The van der Waals surface area contributed by atoms with Crippen LogP contribution in [0.4, 0.5) is 4.39 Å². The second kappa shape index (κ2) is 12.6. The Hall–Kier alpha value is -5.48. The summed E-state index contributed by atoms with van der Waals surface area (Å²) in [6.45, 7) is 2.18. The number of carbonyl (C=O) groups is 1.